The van der Waals surface area contributed by atoms with Gasteiger partial charge in [0.1, 0.15) is 0 Å². The molecule has 2 aromatic rings. The number of thiazole rings is 1. The highest BCUT2D eigenvalue weighted by atomic mass is 32.1. The summed E-state index contributed by atoms with van der Waals surface area (Å²) < 4.78 is 16.3. The number of carbonyl (C=O) groups is 3. The molecule has 33 heavy (non-hydrogen) atoms. The molecule has 1 aromatic heterocycles. The Bertz CT molecular complexity index is 977. The lowest BCUT2D eigenvalue weighted by Gasteiger charge is -2.23. The minimum atomic E-state index is -0.302. The molecule has 11 heteroatoms. The minimum absolute atomic E-state index is 0.00636. The summed E-state index contributed by atoms with van der Waals surface area (Å²) in [6.45, 7) is 1.37. The summed E-state index contributed by atoms with van der Waals surface area (Å²) in [5.74, 6) is 0.376. The van der Waals surface area contributed by atoms with Gasteiger partial charge in [0.25, 0.3) is 0 Å². The van der Waals surface area contributed by atoms with Gasteiger partial charge in [-0.3, -0.25) is 14.4 Å². The zero-order valence-electron chi connectivity index (χ0n) is 18.1. The highest BCUT2D eigenvalue weighted by molar-refractivity contribution is 7.13. The van der Waals surface area contributed by atoms with E-state index in [0.717, 1.165) is 18.4 Å². The van der Waals surface area contributed by atoms with Gasteiger partial charge < -0.3 is 29.7 Å². The fraction of sp³-hybridized carbons (Fsp3) is 0.455. The minimum Gasteiger partial charge on any atom is -0.454 e. The van der Waals surface area contributed by atoms with Crippen molar-refractivity contribution < 1.29 is 28.6 Å². The normalized spacial score (nSPS) is 16.4. The van der Waals surface area contributed by atoms with E-state index in [9.17, 15) is 14.4 Å². The lowest BCUT2D eigenvalue weighted by molar-refractivity contribution is -0.137. The molecule has 0 saturated carbocycles. The van der Waals surface area contributed by atoms with Crippen molar-refractivity contribution in [2.24, 2.45) is 0 Å². The Morgan fingerprint density at radius 2 is 2.03 bits per heavy atom. The molecular formula is C22H26N4O6S. The number of ether oxygens (including phenoxy) is 3. The molecule has 1 aromatic carbocycles. The average Bonchev–Trinajstić information content (AvgIpc) is 3.58. The Morgan fingerprint density at radius 3 is 2.82 bits per heavy atom. The first-order chi connectivity index (χ1) is 16.1. The summed E-state index contributed by atoms with van der Waals surface area (Å²) in [5, 5.41) is 7.74. The predicted molar refractivity (Wildman–Crippen MR) is 120 cm³/mol. The maximum atomic E-state index is 13.0. The number of rotatable bonds is 10. The monoisotopic (exact) mass is 474 g/mol. The molecule has 176 valence electrons. The van der Waals surface area contributed by atoms with E-state index in [-0.39, 0.29) is 56.5 Å². The maximum Gasteiger partial charge on any atom is 0.239 e. The lowest BCUT2D eigenvalue weighted by atomic mass is 10.1. The van der Waals surface area contributed by atoms with Crippen LogP contribution in [0, 0.1) is 0 Å². The van der Waals surface area contributed by atoms with Crippen LogP contribution >= 0.6 is 11.3 Å². The van der Waals surface area contributed by atoms with Gasteiger partial charge in [0.05, 0.1) is 12.6 Å². The molecule has 0 bridgehead atoms. The summed E-state index contributed by atoms with van der Waals surface area (Å²) in [6.07, 6.45) is 3.47. The number of aromatic nitrogens is 1. The second-order valence-corrected chi connectivity index (χ2v) is 8.66. The van der Waals surface area contributed by atoms with Gasteiger partial charge in [0.15, 0.2) is 16.6 Å². The zero-order chi connectivity index (χ0) is 23.0. The lowest BCUT2D eigenvalue weighted by Crippen LogP contribution is -2.42. The SMILES string of the molecule is O=C(CN(Cc1ccc2c(c1)OCO2)C(=O)CCC(=O)Nc1nccs1)NCC1CCCO1. The van der Waals surface area contributed by atoms with Crippen molar-refractivity contribution in [1.82, 2.24) is 15.2 Å². The van der Waals surface area contributed by atoms with Crippen molar-refractivity contribution in [2.75, 3.05) is 31.8 Å². The van der Waals surface area contributed by atoms with Crippen molar-refractivity contribution in [2.45, 2.75) is 38.3 Å². The van der Waals surface area contributed by atoms with Crippen molar-refractivity contribution in [1.29, 1.82) is 0 Å². The topological polar surface area (TPSA) is 119 Å². The molecule has 3 heterocycles. The summed E-state index contributed by atoms with van der Waals surface area (Å²) in [7, 11) is 0. The molecule has 1 atom stereocenters. The third-order valence-corrected chi connectivity index (χ3v) is 5.98. The molecule has 0 aliphatic carbocycles. The van der Waals surface area contributed by atoms with E-state index >= 15 is 0 Å². The first-order valence-electron chi connectivity index (χ1n) is 10.8. The number of amides is 3. The number of anilines is 1. The maximum absolute atomic E-state index is 13.0. The van der Waals surface area contributed by atoms with E-state index in [4.69, 9.17) is 14.2 Å². The van der Waals surface area contributed by atoms with E-state index in [1.807, 2.05) is 6.07 Å². The fourth-order valence-electron chi connectivity index (χ4n) is 3.60. The van der Waals surface area contributed by atoms with Gasteiger partial charge in [-0.25, -0.2) is 4.98 Å². The zero-order valence-corrected chi connectivity index (χ0v) is 18.9. The molecular weight excluding hydrogens is 448 g/mol. The molecule has 3 amide bonds. The predicted octanol–water partition coefficient (Wildman–Crippen LogP) is 1.91. The first kappa shape index (κ1) is 23.0. The van der Waals surface area contributed by atoms with Crippen LogP contribution in [-0.4, -0.2) is 60.2 Å². The molecule has 1 fully saturated rings. The van der Waals surface area contributed by atoms with Crippen LogP contribution in [0.3, 0.4) is 0 Å². The first-order valence-corrected chi connectivity index (χ1v) is 11.7. The highest BCUT2D eigenvalue weighted by Gasteiger charge is 2.22. The van der Waals surface area contributed by atoms with Crippen LogP contribution in [-0.2, 0) is 25.7 Å². The molecule has 2 N–H and O–H groups in total. The van der Waals surface area contributed by atoms with E-state index in [0.29, 0.717) is 29.8 Å². The Hall–Kier alpha value is -3.18. The summed E-state index contributed by atoms with van der Waals surface area (Å²) >= 11 is 1.30. The molecule has 2 aliphatic rings. The quantitative estimate of drug-likeness (QED) is 0.540. The van der Waals surface area contributed by atoms with Crippen molar-refractivity contribution in [3.63, 3.8) is 0 Å². The molecule has 0 radical (unpaired) electrons. The molecule has 0 spiro atoms. The average molecular weight is 475 g/mol. The number of fused-ring (bicyclic) bond motifs is 1. The van der Waals surface area contributed by atoms with E-state index in [1.165, 1.54) is 16.2 Å². The number of hydrogen-bond acceptors (Lipinski definition) is 8. The smallest absolute Gasteiger partial charge is 0.239 e. The Labute approximate surface area is 195 Å². The van der Waals surface area contributed by atoms with Gasteiger partial charge in [0, 0.05) is 44.1 Å². The third kappa shape index (κ3) is 6.65. The Morgan fingerprint density at radius 1 is 1.15 bits per heavy atom. The highest BCUT2D eigenvalue weighted by Crippen LogP contribution is 2.32. The third-order valence-electron chi connectivity index (χ3n) is 5.29. The van der Waals surface area contributed by atoms with Gasteiger partial charge >= 0.3 is 0 Å². The van der Waals surface area contributed by atoms with Crippen LogP contribution in [0.2, 0.25) is 0 Å². The van der Waals surface area contributed by atoms with Crippen LogP contribution in [0.1, 0.15) is 31.2 Å². The van der Waals surface area contributed by atoms with Gasteiger partial charge in [-0.1, -0.05) is 6.07 Å². The van der Waals surface area contributed by atoms with Gasteiger partial charge in [-0.15, -0.1) is 11.3 Å². The van der Waals surface area contributed by atoms with E-state index < -0.39 is 0 Å². The van der Waals surface area contributed by atoms with Gasteiger partial charge in [-0.2, -0.15) is 0 Å². The van der Waals surface area contributed by atoms with Crippen LogP contribution in [0.25, 0.3) is 0 Å². The molecule has 2 aliphatic heterocycles. The number of benzene rings is 1. The standard InChI is InChI=1S/C22H26N4O6S/c27-19(25-22-23-7-9-33-22)5-6-21(29)26(13-20(28)24-11-16-2-1-8-30-16)12-15-3-4-17-18(10-15)32-14-31-17/h3-4,7,9-10,16H,1-2,5-6,8,11-14H2,(H,24,28)(H,23,25,27). The summed E-state index contributed by atoms with van der Waals surface area (Å²) in [6, 6.07) is 5.40. The molecule has 1 saturated heterocycles. The van der Waals surface area contributed by atoms with Crippen molar-refractivity contribution >= 4 is 34.2 Å². The summed E-state index contributed by atoms with van der Waals surface area (Å²) in [5.41, 5.74) is 0.798. The number of nitrogens with one attached hydrogen (secondary N) is 2. The summed E-state index contributed by atoms with van der Waals surface area (Å²) in [4.78, 5) is 43.1. The van der Waals surface area contributed by atoms with Gasteiger partial charge in [-0.05, 0) is 30.5 Å². The molecule has 1 unspecified atom stereocenters. The molecule has 10 nitrogen and oxygen atoms in total. The second kappa shape index (κ2) is 11.1. The van der Waals surface area contributed by atoms with Crippen LogP contribution in [0.4, 0.5) is 5.13 Å². The number of carbonyl (C=O) groups excluding carboxylic acids is 3. The van der Waals surface area contributed by atoms with E-state index in [2.05, 4.69) is 15.6 Å². The Balaban J connectivity index is 1.35. The van der Waals surface area contributed by atoms with Crippen LogP contribution < -0.4 is 20.1 Å². The van der Waals surface area contributed by atoms with Crippen LogP contribution in [0.5, 0.6) is 11.5 Å². The van der Waals surface area contributed by atoms with Gasteiger partial charge in [0.2, 0.25) is 24.5 Å². The van der Waals surface area contributed by atoms with Crippen molar-refractivity contribution in [3.05, 3.63) is 35.3 Å². The van der Waals surface area contributed by atoms with Crippen LogP contribution in [0.15, 0.2) is 29.8 Å². The Kier molecular flexibility index (Phi) is 7.74. The second-order valence-electron chi connectivity index (χ2n) is 7.76. The molecule has 4 rings (SSSR count). The number of nitrogens with zero attached hydrogens (tertiary/aromatic N) is 2. The largest absolute Gasteiger partial charge is 0.454 e. The fourth-order valence-corrected chi connectivity index (χ4v) is 4.14. The van der Waals surface area contributed by atoms with E-state index in [1.54, 1.807) is 23.7 Å². The van der Waals surface area contributed by atoms with Crippen molar-refractivity contribution in [3.8, 4) is 11.5 Å². The number of hydrogen-bond donors (Lipinski definition) is 2.